The lowest BCUT2D eigenvalue weighted by Gasteiger charge is -2.28. The summed E-state index contributed by atoms with van der Waals surface area (Å²) in [4.78, 5) is 22.6. The summed E-state index contributed by atoms with van der Waals surface area (Å²) in [5, 5.41) is 5.17. The van der Waals surface area contributed by atoms with Crippen LogP contribution in [0.3, 0.4) is 0 Å². The van der Waals surface area contributed by atoms with E-state index in [1.807, 2.05) is 30.5 Å². The largest absolute Gasteiger partial charge is 0.378 e. The Hall–Kier alpha value is -2.61. The number of halogens is 1. The number of carbonyl (C=O) groups excluding carboxylic acids is 1. The summed E-state index contributed by atoms with van der Waals surface area (Å²) in [6.07, 6.45) is 2.11. The van der Waals surface area contributed by atoms with Crippen LogP contribution in [0.5, 0.6) is 0 Å². The van der Waals surface area contributed by atoms with Crippen molar-refractivity contribution in [1.29, 1.82) is 0 Å². The number of hydrogen-bond donors (Lipinski definition) is 2. The number of fused-ring (bicyclic) bond motifs is 2. The van der Waals surface area contributed by atoms with Crippen molar-refractivity contribution in [1.82, 2.24) is 9.97 Å². The van der Waals surface area contributed by atoms with E-state index in [1.54, 1.807) is 0 Å². The number of benzene rings is 2. The molecule has 0 atom stereocenters. The van der Waals surface area contributed by atoms with Crippen molar-refractivity contribution < 1.29 is 9.53 Å². The van der Waals surface area contributed by atoms with E-state index >= 15 is 0 Å². The van der Waals surface area contributed by atoms with Gasteiger partial charge in [-0.1, -0.05) is 22.9 Å². The molecule has 4 aromatic rings. The number of thiazole rings is 1. The highest BCUT2D eigenvalue weighted by Crippen LogP contribution is 2.30. The summed E-state index contributed by atoms with van der Waals surface area (Å²) in [5.74, 6) is -0.0988. The number of ether oxygens (including phenoxy) is 1. The molecule has 0 aliphatic carbocycles. The molecule has 1 aliphatic rings. The molecule has 5 rings (SSSR count). The average molecular weight is 427 g/mol. The lowest BCUT2D eigenvalue weighted by molar-refractivity contribution is -0.115. The van der Waals surface area contributed by atoms with Gasteiger partial charge in [0.1, 0.15) is 0 Å². The maximum atomic E-state index is 12.6. The molecule has 2 N–H and O–H groups in total. The Bertz CT molecular complexity index is 1200. The van der Waals surface area contributed by atoms with E-state index in [-0.39, 0.29) is 12.3 Å². The van der Waals surface area contributed by atoms with Crippen LogP contribution >= 0.6 is 22.9 Å². The van der Waals surface area contributed by atoms with Crippen LogP contribution in [-0.2, 0) is 16.0 Å². The smallest absolute Gasteiger partial charge is 0.230 e. The van der Waals surface area contributed by atoms with Crippen molar-refractivity contribution in [2.45, 2.75) is 6.42 Å². The van der Waals surface area contributed by atoms with Crippen molar-refractivity contribution in [3.8, 4) is 0 Å². The Balaban J connectivity index is 1.32. The van der Waals surface area contributed by atoms with Gasteiger partial charge in [-0.25, -0.2) is 4.98 Å². The van der Waals surface area contributed by atoms with E-state index in [1.165, 1.54) is 11.3 Å². The monoisotopic (exact) mass is 426 g/mol. The first-order valence-corrected chi connectivity index (χ1v) is 10.6. The lowest BCUT2D eigenvalue weighted by Crippen LogP contribution is -2.36. The van der Waals surface area contributed by atoms with Gasteiger partial charge in [0.25, 0.3) is 0 Å². The third-order valence-electron chi connectivity index (χ3n) is 5.08. The van der Waals surface area contributed by atoms with Crippen LogP contribution in [0.25, 0.3) is 21.1 Å². The van der Waals surface area contributed by atoms with Gasteiger partial charge in [-0.05, 0) is 42.0 Å². The first-order valence-electron chi connectivity index (χ1n) is 9.44. The fraction of sp³-hybridized carbons (Fsp3) is 0.238. The molecule has 0 radical (unpaired) electrons. The Morgan fingerprint density at radius 2 is 2.10 bits per heavy atom. The second-order valence-electron chi connectivity index (χ2n) is 7.00. The number of H-pyrrole nitrogens is 1. The minimum Gasteiger partial charge on any atom is -0.378 e. The number of nitrogens with one attached hydrogen (secondary N) is 2. The van der Waals surface area contributed by atoms with Crippen molar-refractivity contribution in [2.75, 3.05) is 36.5 Å². The maximum absolute atomic E-state index is 12.6. The zero-order valence-corrected chi connectivity index (χ0v) is 17.1. The molecule has 1 amide bonds. The summed E-state index contributed by atoms with van der Waals surface area (Å²) in [7, 11) is 0. The van der Waals surface area contributed by atoms with E-state index in [2.05, 4.69) is 32.3 Å². The molecule has 3 heterocycles. The highest BCUT2D eigenvalue weighted by atomic mass is 35.5. The zero-order valence-electron chi connectivity index (χ0n) is 15.6. The van der Waals surface area contributed by atoms with Crippen LogP contribution in [0.15, 0.2) is 42.6 Å². The fourth-order valence-corrected chi connectivity index (χ4v) is 4.71. The van der Waals surface area contributed by atoms with Gasteiger partial charge in [0, 0.05) is 40.9 Å². The molecule has 29 heavy (non-hydrogen) atoms. The van der Waals surface area contributed by atoms with Gasteiger partial charge in [-0.2, -0.15) is 0 Å². The highest BCUT2D eigenvalue weighted by molar-refractivity contribution is 7.22. The Morgan fingerprint density at radius 3 is 2.97 bits per heavy atom. The predicted octanol–water partition coefficient (Wildman–Crippen LogP) is 4.45. The van der Waals surface area contributed by atoms with Crippen LogP contribution in [-0.4, -0.2) is 42.2 Å². The number of amides is 1. The number of nitrogens with zero attached hydrogens (tertiary/aromatic N) is 2. The normalized spacial score (nSPS) is 14.6. The molecule has 1 fully saturated rings. The topological polar surface area (TPSA) is 70.2 Å². The van der Waals surface area contributed by atoms with Crippen molar-refractivity contribution >= 4 is 60.8 Å². The number of aromatic nitrogens is 2. The number of morpholine rings is 1. The van der Waals surface area contributed by atoms with Crippen LogP contribution in [0, 0.1) is 0 Å². The molecule has 0 unspecified atom stereocenters. The number of hydrogen-bond acceptors (Lipinski definition) is 5. The molecule has 0 bridgehead atoms. The van der Waals surface area contributed by atoms with Crippen LogP contribution in [0.4, 0.5) is 10.8 Å². The number of rotatable bonds is 4. The quantitative estimate of drug-likeness (QED) is 0.505. The Kier molecular flexibility index (Phi) is 4.87. The zero-order chi connectivity index (χ0) is 19.8. The van der Waals surface area contributed by atoms with Crippen LogP contribution < -0.4 is 10.2 Å². The van der Waals surface area contributed by atoms with E-state index < -0.39 is 0 Å². The standard InChI is InChI=1S/C21H19ClN4O2S/c22-14-1-3-17-16(10-14)13(12-23-17)9-20(27)25-21-24-18-4-2-15(11-19(18)29-21)26-5-7-28-8-6-26/h1-4,10-12,23H,5-9H2,(H,24,25,27). The van der Waals surface area contributed by atoms with Crippen LogP contribution in [0.1, 0.15) is 5.56 Å². The average Bonchev–Trinajstić information content (AvgIpc) is 3.31. The number of carbonyl (C=O) groups is 1. The molecule has 8 heteroatoms. The summed E-state index contributed by atoms with van der Waals surface area (Å²) in [6.45, 7) is 3.28. The first kappa shape index (κ1) is 18.4. The molecule has 0 saturated carbocycles. The molecular formula is C21H19ClN4O2S. The van der Waals surface area contributed by atoms with Gasteiger partial charge >= 0.3 is 0 Å². The van der Waals surface area contributed by atoms with E-state index in [0.29, 0.717) is 10.2 Å². The van der Waals surface area contributed by atoms with E-state index in [9.17, 15) is 4.79 Å². The van der Waals surface area contributed by atoms with Crippen molar-refractivity contribution in [2.24, 2.45) is 0 Å². The summed E-state index contributed by atoms with van der Waals surface area (Å²) < 4.78 is 6.48. The molecule has 2 aromatic heterocycles. The molecule has 148 valence electrons. The third kappa shape index (κ3) is 3.81. The number of anilines is 2. The second kappa shape index (κ2) is 7.67. The third-order valence-corrected chi connectivity index (χ3v) is 6.24. The Morgan fingerprint density at radius 1 is 1.24 bits per heavy atom. The molecular weight excluding hydrogens is 408 g/mol. The summed E-state index contributed by atoms with van der Waals surface area (Å²) in [5.41, 5.74) is 3.93. The Labute approximate surface area is 176 Å². The fourth-order valence-electron chi connectivity index (χ4n) is 3.62. The van der Waals surface area contributed by atoms with Crippen molar-refractivity contribution in [3.05, 3.63) is 53.2 Å². The molecule has 1 saturated heterocycles. The predicted molar refractivity (Wildman–Crippen MR) is 118 cm³/mol. The van der Waals surface area contributed by atoms with E-state index in [4.69, 9.17) is 16.3 Å². The summed E-state index contributed by atoms with van der Waals surface area (Å²) in [6, 6.07) is 11.8. The van der Waals surface area contributed by atoms with Crippen molar-refractivity contribution in [3.63, 3.8) is 0 Å². The number of aromatic amines is 1. The highest BCUT2D eigenvalue weighted by Gasteiger charge is 2.15. The first-order chi connectivity index (χ1) is 14.2. The van der Waals surface area contributed by atoms with Gasteiger partial charge in [-0.15, -0.1) is 0 Å². The SMILES string of the molecule is O=C(Cc1c[nH]c2ccc(Cl)cc12)Nc1nc2ccc(N3CCOCC3)cc2s1. The van der Waals surface area contributed by atoms with Gasteiger partial charge in [0.05, 0.1) is 29.9 Å². The molecule has 2 aromatic carbocycles. The minimum absolute atomic E-state index is 0.0988. The van der Waals surface area contributed by atoms with Gasteiger partial charge < -0.3 is 19.9 Å². The maximum Gasteiger partial charge on any atom is 0.230 e. The van der Waals surface area contributed by atoms with Gasteiger partial charge in [-0.3, -0.25) is 4.79 Å². The van der Waals surface area contributed by atoms with Gasteiger partial charge in [0.2, 0.25) is 5.91 Å². The lowest BCUT2D eigenvalue weighted by atomic mass is 10.1. The van der Waals surface area contributed by atoms with Gasteiger partial charge in [0.15, 0.2) is 5.13 Å². The summed E-state index contributed by atoms with van der Waals surface area (Å²) >= 11 is 7.59. The molecule has 1 aliphatic heterocycles. The molecule has 0 spiro atoms. The van der Waals surface area contributed by atoms with Crippen LogP contribution in [0.2, 0.25) is 5.02 Å². The van der Waals surface area contributed by atoms with E-state index in [0.717, 1.165) is 58.7 Å². The molecule has 6 nitrogen and oxygen atoms in total. The second-order valence-corrected chi connectivity index (χ2v) is 8.47. The minimum atomic E-state index is -0.0988.